The second-order valence-corrected chi connectivity index (χ2v) is 8.44. The number of hydrogen-bond donors (Lipinski definition) is 2. The summed E-state index contributed by atoms with van der Waals surface area (Å²) in [5, 5.41) is 0. The molecule has 0 aromatic carbocycles. The highest BCUT2D eigenvalue weighted by Gasteiger charge is 2.46. The number of pyridine rings is 1. The first-order valence-electron chi connectivity index (χ1n) is 10.6. The number of aromatic nitrogens is 4. The fraction of sp³-hybridized carbons (Fsp3) is 0.600. The van der Waals surface area contributed by atoms with Crippen molar-refractivity contribution < 1.29 is 23.1 Å². The number of nitrogens with one attached hydrogen (secondary N) is 1. The molecule has 3 atom stereocenters. The molecule has 2 unspecified atom stereocenters. The molecule has 3 saturated heterocycles. The highest BCUT2D eigenvalue weighted by Crippen LogP contribution is 2.38. The molecular weight excluding hydrogens is 424 g/mol. The minimum Gasteiger partial charge on any atom is -0.383 e. The molecule has 2 aromatic rings. The molecule has 0 spiro atoms. The van der Waals surface area contributed by atoms with Crippen molar-refractivity contribution in [3.63, 3.8) is 0 Å². The molecule has 0 radical (unpaired) electrons. The third-order valence-corrected chi connectivity index (χ3v) is 6.07. The molecule has 32 heavy (non-hydrogen) atoms. The number of alkyl halides is 2. The average molecular weight is 449 g/mol. The number of hydrogen-bond acceptors (Lipinski definition) is 10. The molecule has 0 aliphatic carbocycles. The quantitative estimate of drug-likeness (QED) is 0.709. The SMILES string of the molecule is C[C@@H]1COCCN1c1nc(-c2c(C(F)F)ccnc2N)nc(C23COCC(CON2)C3)n1. The van der Waals surface area contributed by atoms with Crippen LogP contribution in [0.5, 0.6) is 0 Å². The second-order valence-electron chi connectivity index (χ2n) is 8.44. The topological polar surface area (TPSA) is 121 Å². The first-order chi connectivity index (χ1) is 15.5. The molecule has 12 heteroatoms. The van der Waals surface area contributed by atoms with Gasteiger partial charge in [0.05, 0.1) is 44.6 Å². The summed E-state index contributed by atoms with van der Waals surface area (Å²) >= 11 is 0. The second kappa shape index (κ2) is 8.43. The monoisotopic (exact) mass is 449 g/mol. The number of halogens is 2. The minimum absolute atomic E-state index is 0.00363. The summed E-state index contributed by atoms with van der Waals surface area (Å²) in [5.74, 6) is 0.894. The zero-order chi connectivity index (χ0) is 22.3. The average Bonchev–Trinajstić information content (AvgIpc) is 2.79. The van der Waals surface area contributed by atoms with Crippen molar-refractivity contribution >= 4 is 11.8 Å². The van der Waals surface area contributed by atoms with Crippen molar-refractivity contribution in [1.29, 1.82) is 0 Å². The van der Waals surface area contributed by atoms with Crippen LogP contribution < -0.4 is 16.1 Å². The number of fused-ring (bicyclic) bond motifs is 2. The van der Waals surface area contributed by atoms with Crippen LogP contribution in [-0.2, 0) is 19.9 Å². The van der Waals surface area contributed by atoms with Gasteiger partial charge in [-0.3, -0.25) is 0 Å². The maximum absolute atomic E-state index is 13.8. The van der Waals surface area contributed by atoms with Crippen molar-refractivity contribution in [3.8, 4) is 11.4 Å². The number of morpholine rings is 1. The first kappa shape index (κ1) is 21.3. The van der Waals surface area contributed by atoms with E-state index in [2.05, 4.69) is 20.4 Å². The van der Waals surface area contributed by atoms with Crippen molar-refractivity contribution in [3.05, 3.63) is 23.7 Å². The third-order valence-electron chi connectivity index (χ3n) is 6.07. The lowest BCUT2D eigenvalue weighted by Crippen LogP contribution is -2.57. The van der Waals surface area contributed by atoms with Crippen LogP contribution in [0, 0.1) is 5.92 Å². The number of rotatable bonds is 4. The lowest BCUT2D eigenvalue weighted by Gasteiger charge is -2.44. The normalized spacial score (nSPS) is 28.2. The van der Waals surface area contributed by atoms with Crippen molar-refractivity contribution in [2.45, 2.75) is 31.4 Å². The Morgan fingerprint density at radius 3 is 2.91 bits per heavy atom. The number of nitrogen functional groups attached to an aromatic ring is 1. The van der Waals surface area contributed by atoms with E-state index in [0.29, 0.717) is 51.2 Å². The predicted octanol–water partition coefficient (Wildman–Crippen LogP) is 1.45. The highest BCUT2D eigenvalue weighted by atomic mass is 19.3. The molecule has 172 valence electrons. The van der Waals surface area contributed by atoms with E-state index in [1.807, 2.05) is 11.8 Å². The zero-order valence-electron chi connectivity index (χ0n) is 17.6. The number of anilines is 2. The van der Waals surface area contributed by atoms with Crippen LogP contribution in [0.1, 0.15) is 31.2 Å². The van der Waals surface area contributed by atoms with E-state index >= 15 is 0 Å². The lowest BCUT2D eigenvalue weighted by molar-refractivity contribution is -0.170. The summed E-state index contributed by atoms with van der Waals surface area (Å²) in [6, 6.07) is 1.23. The summed E-state index contributed by atoms with van der Waals surface area (Å²) in [7, 11) is 0. The molecule has 0 amide bonds. The van der Waals surface area contributed by atoms with Gasteiger partial charge in [0, 0.05) is 24.2 Å². The Balaban J connectivity index is 1.68. The van der Waals surface area contributed by atoms with E-state index in [1.165, 1.54) is 12.3 Å². The molecular formula is C20H25F2N7O3. The van der Waals surface area contributed by atoms with Crippen LogP contribution in [0.25, 0.3) is 11.4 Å². The molecule has 2 aromatic heterocycles. The van der Waals surface area contributed by atoms with Gasteiger partial charge in [-0.05, 0) is 19.4 Å². The first-order valence-corrected chi connectivity index (χ1v) is 10.6. The fourth-order valence-corrected chi connectivity index (χ4v) is 4.45. The van der Waals surface area contributed by atoms with E-state index in [0.717, 1.165) is 0 Å². The Morgan fingerprint density at radius 2 is 2.09 bits per heavy atom. The molecule has 3 N–H and O–H groups in total. The van der Waals surface area contributed by atoms with Crippen LogP contribution in [0.3, 0.4) is 0 Å². The van der Waals surface area contributed by atoms with Gasteiger partial charge >= 0.3 is 0 Å². The molecule has 3 aliphatic heterocycles. The standard InChI is InChI=1S/C20H25F2N7O3/c1-11-7-30-5-4-29(11)19-26-17(14-13(15(21)22)2-3-24-16(14)23)25-18(27-19)20-6-12(8-31-10-20)9-32-28-20/h2-3,11-12,15,28H,4-10H2,1H3,(H2,23,24)/t11-,12?,20?/m1/s1. The Labute approximate surface area is 183 Å². The maximum atomic E-state index is 13.8. The summed E-state index contributed by atoms with van der Waals surface area (Å²) < 4.78 is 39.0. The molecule has 0 saturated carbocycles. The summed E-state index contributed by atoms with van der Waals surface area (Å²) in [5.41, 5.74) is 7.98. The Morgan fingerprint density at radius 1 is 1.22 bits per heavy atom. The van der Waals surface area contributed by atoms with Gasteiger partial charge in [0.2, 0.25) is 5.95 Å². The predicted molar refractivity (Wildman–Crippen MR) is 110 cm³/mol. The smallest absolute Gasteiger partial charge is 0.264 e. The van der Waals surface area contributed by atoms with Gasteiger partial charge in [-0.15, -0.1) is 0 Å². The van der Waals surface area contributed by atoms with E-state index in [1.54, 1.807) is 0 Å². The molecule has 10 nitrogen and oxygen atoms in total. The van der Waals surface area contributed by atoms with Crippen molar-refractivity contribution in [2.24, 2.45) is 5.92 Å². The van der Waals surface area contributed by atoms with Crippen LogP contribution in [-0.4, -0.2) is 65.6 Å². The summed E-state index contributed by atoms with van der Waals surface area (Å²) in [4.78, 5) is 25.5. The van der Waals surface area contributed by atoms with Gasteiger partial charge < -0.3 is 24.9 Å². The molecule has 3 aliphatic rings. The molecule has 5 heterocycles. The summed E-state index contributed by atoms with van der Waals surface area (Å²) in [6.45, 7) is 4.95. The van der Waals surface area contributed by atoms with E-state index in [4.69, 9.17) is 25.0 Å². The fourth-order valence-electron chi connectivity index (χ4n) is 4.45. The third kappa shape index (κ3) is 3.76. The lowest BCUT2D eigenvalue weighted by atomic mass is 9.85. The highest BCUT2D eigenvalue weighted by molar-refractivity contribution is 5.73. The summed E-state index contributed by atoms with van der Waals surface area (Å²) in [6.07, 6.45) is -0.820. The zero-order valence-corrected chi connectivity index (χ0v) is 17.6. The van der Waals surface area contributed by atoms with E-state index < -0.39 is 12.0 Å². The van der Waals surface area contributed by atoms with Crippen molar-refractivity contribution in [1.82, 2.24) is 25.4 Å². The Hall–Kier alpha value is -2.54. The number of nitrogens with zero attached hydrogens (tertiary/aromatic N) is 5. The largest absolute Gasteiger partial charge is 0.383 e. The van der Waals surface area contributed by atoms with Crippen molar-refractivity contribution in [2.75, 3.05) is 50.2 Å². The van der Waals surface area contributed by atoms with Gasteiger partial charge in [-0.1, -0.05) is 0 Å². The van der Waals surface area contributed by atoms with Gasteiger partial charge in [-0.2, -0.15) is 15.4 Å². The van der Waals surface area contributed by atoms with Crippen LogP contribution in [0.15, 0.2) is 12.3 Å². The Kier molecular flexibility index (Phi) is 5.61. The molecule has 3 fully saturated rings. The Bertz CT molecular complexity index is 986. The van der Waals surface area contributed by atoms with Gasteiger partial charge in [0.15, 0.2) is 11.6 Å². The van der Waals surface area contributed by atoms with Crippen LogP contribution >= 0.6 is 0 Å². The van der Waals surface area contributed by atoms with Crippen LogP contribution in [0.2, 0.25) is 0 Å². The van der Waals surface area contributed by atoms with Gasteiger partial charge in [0.1, 0.15) is 11.4 Å². The van der Waals surface area contributed by atoms with E-state index in [9.17, 15) is 8.78 Å². The maximum Gasteiger partial charge on any atom is 0.264 e. The van der Waals surface area contributed by atoms with Gasteiger partial charge in [-0.25, -0.2) is 18.7 Å². The number of nitrogens with two attached hydrogens (primary N) is 1. The number of hydroxylamine groups is 1. The van der Waals surface area contributed by atoms with Crippen LogP contribution in [0.4, 0.5) is 20.5 Å². The van der Waals surface area contributed by atoms with Gasteiger partial charge in [0.25, 0.3) is 6.43 Å². The van der Waals surface area contributed by atoms with E-state index in [-0.39, 0.29) is 41.3 Å². The molecule has 2 bridgehead atoms. The number of ether oxygens (including phenoxy) is 2. The minimum atomic E-state index is -2.77. The molecule has 5 rings (SSSR count).